The van der Waals surface area contributed by atoms with Gasteiger partial charge in [-0.15, -0.1) is 0 Å². The lowest BCUT2D eigenvalue weighted by molar-refractivity contribution is -0.116. The largest absolute Gasteiger partial charge is 0.393 e. The standard InChI is InChI=1S/C19H26O2/c1-18-9-7-13(20)11-12(18)3-4-14-15-5-6-17(21)19(15,2)10-8-16(14)18/h3-4,11,14-17,21H,5-10H2,1-2H3/t14-,15-,16-,17-,18+,19-/m1/s1. The van der Waals surface area contributed by atoms with Gasteiger partial charge in [0.2, 0.25) is 0 Å². The van der Waals surface area contributed by atoms with Crippen LogP contribution in [-0.4, -0.2) is 17.0 Å². The Bertz CT molecular complexity index is 546. The molecule has 0 unspecified atom stereocenters. The normalized spacial score (nSPS) is 52.0. The highest BCUT2D eigenvalue weighted by molar-refractivity contribution is 5.92. The third-order valence-corrected chi connectivity index (χ3v) is 7.47. The zero-order valence-electron chi connectivity index (χ0n) is 13.1. The van der Waals surface area contributed by atoms with Crippen LogP contribution in [0, 0.1) is 28.6 Å². The SMILES string of the molecule is C[C@@]12CC[C@@H]3[C@H](C=CC4=CC(=O)CC[C@@]43C)[C@H]1CC[C@H]2O. The number of carbonyl (C=O) groups excluding carboxylic acids is 1. The quantitative estimate of drug-likeness (QED) is 0.738. The maximum atomic E-state index is 11.8. The summed E-state index contributed by atoms with van der Waals surface area (Å²) in [4.78, 5) is 11.8. The van der Waals surface area contributed by atoms with Crippen molar-refractivity contribution >= 4 is 5.78 Å². The molecule has 0 heterocycles. The van der Waals surface area contributed by atoms with Gasteiger partial charge in [-0.2, -0.15) is 0 Å². The Kier molecular flexibility index (Phi) is 2.83. The molecule has 2 saturated carbocycles. The van der Waals surface area contributed by atoms with Gasteiger partial charge in [-0.1, -0.05) is 26.0 Å². The van der Waals surface area contributed by atoms with Crippen molar-refractivity contribution in [1.29, 1.82) is 0 Å². The van der Waals surface area contributed by atoms with Crippen molar-refractivity contribution in [2.24, 2.45) is 28.6 Å². The summed E-state index contributed by atoms with van der Waals surface area (Å²) >= 11 is 0. The molecule has 2 heteroatoms. The van der Waals surface area contributed by atoms with Crippen LogP contribution in [0.2, 0.25) is 0 Å². The fourth-order valence-electron chi connectivity index (χ4n) is 5.97. The van der Waals surface area contributed by atoms with Gasteiger partial charge in [0, 0.05) is 6.42 Å². The van der Waals surface area contributed by atoms with Gasteiger partial charge in [-0.05, 0) is 72.3 Å². The van der Waals surface area contributed by atoms with E-state index in [-0.39, 0.29) is 16.9 Å². The van der Waals surface area contributed by atoms with E-state index < -0.39 is 0 Å². The number of rotatable bonds is 0. The molecule has 0 amide bonds. The minimum Gasteiger partial charge on any atom is -0.393 e. The van der Waals surface area contributed by atoms with Gasteiger partial charge in [-0.3, -0.25) is 4.79 Å². The molecule has 0 aromatic heterocycles. The lowest BCUT2D eigenvalue weighted by atomic mass is 9.49. The first-order chi connectivity index (χ1) is 9.95. The number of hydrogen-bond donors (Lipinski definition) is 1. The van der Waals surface area contributed by atoms with Gasteiger partial charge in [0.05, 0.1) is 6.10 Å². The summed E-state index contributed by atoms with van der Waals surface area (Å²) < 4.78 is 0. The van der Waals surface area contributed by atoms with Crippen LogP contribution in [-0.2, 0) is 4.79 Å². The van der Waals surface area contributed by atoms with E-state index >= 15 is 0 Å². The summed E-state index contributed by atoms with van der Waals surface area (Å²) in [7, 11) is 0. The van der Waals surface area contributed by atoms with Crippen molar-refractivity contribution < 1.29 is 9.90 Å². The smallest absolute Gasteiger partial charge is 0.156 e. The van der Waals surface area contributed by atoms with E-state index in [1.807, 2.05) is 6.08 Å². The van der Waals surface area contributed by atoms with Crippen LogP contribution in [0.5, 0.6) is 0 Å². The molecule has 2 fully saturated rings. The summed E-state index contributed by atoms with van der Waals surface area (Å²) in [6, 6.07) is 0. The number of hydrogen-bond acceptors (Lipinski definition) is 2. The first kappa shape index (κ1) is 13.8. The summed E-state index contributed by atoms with van der Waals surface area (Å²) in [5.74, 6) is 2.17. The van der Waals surface area contributed by atoms with E-state index in [0.717, 1.165) is 25.7 Å². The number of fused-ring (bicyclic) bond motifs is 5. The van der Waals surface area contributed by atoms with Gasteiger partial charge in [0.1, 0.15) is 0 Å². The third-order valence-electron chi connectivity index (χ3n) is 7.47. The van der Waals surface area contributed by atoms with Crippen molar-refractivity contribution in [1.82, 2.24) is 0 Å². The van der Waals surface area contributed by atoms with Crippen LogP contribution >= 0.6 is 0 Å². The molecule has 0 bridgehead atoms. The number of aliphatic hydroxyl groups is 1. The van der Waals surface area contributed by atoms with E-state index in [0.29, 0.717) is 30.0 Å². The second kappa shape index (κ2) is 4.32. The fourth-order valence-corrected chi connectivity index (χ4v) is 5.97. The van der Waals surface area contributed by atoms with Gasteiger partial charge in [-0.25, -0.2) is 0 Å². The second-order valence-corrected chi connectivity index (χ2v) is 8.27. The number of ketones is 1. The fraction of sp³-hybridized carbons (Fsp3) is 0.737. The average Bonchev–Trinajstić information content (AvgIpc) is 2.76. The number of allylic oxidation sites excluding steroid dienone is 4. The lowest BCUT2D eigenvalue weighted by Gasteiger charge is -2.55. The van der Waals surface area contributed by atoms with Gasteiger partial charge in [0.25, 0.3) is 0 Å². The van der Waals surface area contributed by atoms with Crippen molar-refractivity contribution in [2.75, 3.05) is 0 Å². The topological polar surface area (TPSA) is 37.3 Å². The minimum absolute atomic E-state index is 0.116. The lowest BCUT2D eigenvalue weighted by Crippen LogP contribution is -2.49. The van der Waals surface area contributed by atoms with Crippen molar-refractivity contribution in [3.63, 3.8) is 0 Å². The third kappa shape index (κ3) is 1.72. The Balaban J connectivity index is 1.75. The predicted molar refractivity (Wildman–Crippen MR) is 82.6 cm³/mol. The molecule has 4 rings (SSSR count). The molecule has 2 nitrogen and oxygen atoms in total. The van der Waals surface area contributed by atoms with Crippen LogP contribution in [0.25, 0.3) is 0 Å². The van der Waals surface area contributed by atoms with Crippen molar-refractivity contribution in [3.8, 4) is 0 Å². The Hall–Kier alpha value is -0.890. The average molecular weight is 286 g/mol. The van der Waals surface area contributed by atoms with Crippen LogP contribution in [0.4, 0.5) is 0 Å². The maximum absolute atomic E-state index is 11.8. The molecule has 21 heavy (non-hydrogen) atoms. The number of carbonyl (C=O) groups is 1. The van der Waals surface area contributed by atoms with Crippen LogP contribution in [0.1, 0.15) is 52.4 Å². The molecule has 0 aliphatic heterocycles. The Labute approximate surface area is 127 Å². The van der Waals surface area contributed by atoms with Gasteiger partial charge in [0.15, 0.2) is 5.78 Å². The molecular formula is C19H26O2. The second-order valence-electron chi connectivity index (χ2n) is 8.27. The molecule has 6 atom stereocenters. The zero-order valence-corrected chi connectivity index (χ0v) is 13.1. The summed E-state index contributed by atoms with van der Waals surface area (Å²) in [5.41, 5.74) is 1.57. The Morgan fingerprint density at radius 1 is 1.14 bits per heavy atom. The molecule has 4 aliphatic carbocycles. The molecule has 4 aliphatic rings. The Morgan fingerprint density at radius 2 is 1.95 bits per heavy atom. The molecule has 0 aromatic rings. The van der Waals surface area contributed by atoms with E-state index in [2.05, 4.69) is 26.0 Å². The van der Waals surface area contributed by atoms with E-state index in [1.165, 1.54) is 12.0 Å². The molecule has 0 saturated heterocycles. The highest BCUT2D eigenvalue weighted by atomic mass is 16.3. The van der Waals surface area contributed by atoms with Gasteiger partial charge < -0.3 is 5.11 Å². The van der Waals surface area contributed by atoms with Gasteiger partial charge >= 0.3 is 0 Å². The maximum Gasteiger partial charge on any atom is 0.156 e. The number of aliphatic hydroxyl groups excluding tert-OH is 1. The van der Waals surface area contributed by atoms with Crippen LogP contribution in [0.3, 0.4) is 0 Å². The predicted octanol–water partition coefficient (Wildman–Crippen LogP) is 3.66. The highest BCUT2D eigenvalue weighted by Gasteiger charge is 2.57. The molecular weight excluding hydrogens is 260 g/mol. The van der Waals surface area contributed by atoms with Crippen molar-refractivity contribution in [2.45, 2.75) is 58.5 Å². The van der Waals surface area contributed by atoms with Crippen LogP contribution < -0.4 is 0 Å². The summed E-state index contributed by atoms with van der Waals surface area (Å²) in [6.07, 6.45) is 12.6. The van der Waals surface area contributed by atoms with Crippen LogP contribution in [0.15, 0.2) is 23.8 Å². The van der Waals surface area contributed by atoms with E-state index in [4.69, 9.17) is 0 Å². The van der Waals surface area contributed by atoms with Crippen molar-refractivity contribution in [3.05, 3.63) is 23.8 Å². The first-order valence-corrected chi connectivity index (χ1v) is 8.56. The molecule has 0 spiro atoms. The zero-order chi connectivity index (χ0) is 14.8. The molecule has 114 valence electrons. The Morgan fingerprint density at radius 3 is 2.76 bits per heavy atom. The molecule has 0 aromatic carbocycles. The molecule has 1 N–H and O–H groups in total. The monoisotopic (exact) mass is 286 g/mol. The summed E-state index contributed by atoms with van der Waals surface area (Å²) in [6.45, 7) is 4.68. The highest BCUT2D eigenvalue weighted by Crippen LogP contribution is 2.63. The van der Waals surface area contributed by atoms with E-state index in [9.17, 15) is 9.90 Å². The minimum atomic E-state index is -0.116. The first-order valence-electron chi connectivity index (χ1n) is 8.56. The van der Waals surface area contributed by atoms with E-state index in [1.54, 1.807) is 0 Å². The molecule has 0 radical (unpaired) electrons. The summed E-state index contributed by atoms with van der Waals surface area (Å²) in [5, 5.41) is 10.4.